The predicted molar refractivity (Wildman–Crippen MR) is 80.1 cm³/mol. The molecule has 1 fully saturated rings. The SMILES string of the molecule is CCn1cc(S(=O)(=O)NC2CCCCC2)cc1CNC. The Morgan fingerprint density at radius 1 is 1.30 bits per heavy atom. The van der Waals surface area contributed by atoms with Crippen LogP contribution < -0.4 is 10.0 Å². The molecule has 0 unspecified atom stereocenters. The largest absolute Gasteiger partial charge is 0.349 e. The summed E-state index contributed by atoms with van der Waals surface area (Å²) in [5.74, 6) is 0. The molecule has 0 amide bonds. The van der Waals surface area contributed by atoms with E-state index in [-0.39, 0.29) is 6.04 Å². The van der Waals surface area contributed by atoms with Crippen molar-refractivity contribution in [3.8, 4) is 0 Å². The maximum absolute atomic E-state index is 12.4. The summed E-state index contributed by atoms with van der Waals surface area (Å²) >= 11 is 0. The molecule has 1 saturated carbocycles. The molecule has 114 valence electrons. The smallest absolute Gasteiger partial charge is 0.242 e. The highest BCUT2D eigenvalue weighted by Gasteiger charge is 2.23. The molecule has 1 aliphatic carbocycles. The van der Waals surface area contributed by atoms with Gasteiger partial charge in [-0.3, -0.25) is 0 Å². The number of rotatable bonds is 6. The number of aryl methyl sites for hydroxylation is 1. The fourth-order valence-corrected chi connectivity index (χ4v) is 4.17. The Bertz CT molecular complexity index is 531. The van der Waals surface area contributed by atoms with Crippen molar-refractivity contribution in [1.82, 2.24) is 14.6 Å². The summed E-state index contributed by atoms with van der Waals surface area (Å²) in [5, 5.41) is 3.07. The summed E-state index contributed by atoms with van der Waals surface area (Å²) in [5.41, 5.74) is 0.999. The molecule has 5 nitrogen and oxygen atoms in total. The van der Waals surface area contributed by atoms with Gasteiger partial charge in [0.15, 0.2) is 0 Å². The zero-order chi connectivity index (χ0) is 14.6. The molecule has 0 bridgehead atoms. The molecule has 0 spiro atoms. The second kappa shape index (κ2) is 6.74. The highest BCUT2D eigenvalue weighted by Crippen LogP contribution is 2.21. The number of nitrogens with zero attached hydrogens (tertiary/aromatic N) is 1. The van der Waals surface area contributed by atoms with Crippen molar-refractivity contribution in [1.29, 1.82) is 0 Å². The first-order chi connectivity index (χ1) is 9.56. The molecule has 0 aliphatic heterocycles. The van der Waals surface area contributed by atoms with Crippen molar-refractivity contribution in [2.45, 2.75) is 63.1 Å². The third kappa shape index (κ3) is 3.62. The maximum atomic E-state index is 12.4. The quantitative estimate of drug-likeness (QED) is 0.842. The molecule has 0 radical (unpaired) electrons. The van der Waals surface area contributed by atoms with Gasteiger partial charge in [0.25, 0.3) is 0 Å². The Morgan fingerprint density at radius 3 is 2.60 bits per heavy atom. The van der Waals surface area contributed by atoms with Crippen LogP contribution in [0.5, 0.6) is 0 Å². The van der Waals surface area contributed by atoms with E-state index in [1.54, 1.807) is 12.3 Å². The van der Waals surface area contributed by atoms with Crippen LogP contribution in [-0.4, -0.2) is 26.1 Å². The van der Waals surface area contributed by atoms with Crippen LogP contribution in [0.15, 0.2) is 17.2 Å². The summed E-state index contributed by atoms with van der Waals surface area (Å²) in [4.78, 5) is 0.384. The molecular formula is C14H25N3O2S. The van der Waals surface area contributed by atoms with Crippen LogP contribution in [-0.2, 0) is 23.1 Å². The second-order valence-corrected chi connectivity index (χ2v) is 7.15. The van der Waals surface area contributed by atoms with Gasteiger partial charge in [-0.25, -0.2) is 13.1 Å². The lowest BCUT2D eigenvalue weighted by Crippen LogP contribution is -2.36. The van der Waals surface area contributed by atoms with Gasteiger partial charge in [0.05, 0.1) is 4.90 Å². The van der Waals surface area contributed by atoms with Gasteiger partial charge in [0.1, 0.15) is 0 Å². The van der Waals surface area contributed by atoms with E-state index in [9.17, 15) is 8.42 Å². The standard InChI is InChI=1S/C14H25N3O2S/c1-3-17-11-14(9-13(17)10-15-2)20(18,19)16-12-7-5-4-6-8-12/h9,11-12,15-16H,3-8,10H2,1-2H3. The molecule has 2 N–H and O–H groups in total. The van der Waals surface area contributed by atoms with Gasteiger partial charge >= 0.3 is 0 Å². The summed E-state index contributed by atoms with van der Waals surface area (Å²) in [6.07, 6.45) is 7.10. The fourth-order valence-electron chi connectivity index (χ4n) is 2.80. The summed E-state index contributed by atoms with van der Waals surface area (Å²) in [6, 6.07) is 1.87. The van der Waals surface area contributed by atoms with Crippen LogP contribution in [0.1, 0.15) is 44.7 Å². The Balaban J connectivity index is 2.15. The monoisotopic (exact) mass is 299 g/mol. The number of hydrogen-bond acceptors (Lipinski definition) is 3. The highest BCUT2D eigenvalue weighted by atomic mass is 32.2. The van der Waals surface area contributed by atoms with E-state index in [0.717, 1.165) is 37.9 Å². The minimum absolute atomic E-state index is 0.103. The lowest BCUT2D eigenvalue weighted by molar-refractivity contribution is 0.412. The first-order valence-electron chi connectivity index (χ1n) is 7.43. The van der Waals surface area contributed by atoms with E-state index in [1.807, 2.05) is 18.5 Å². The van der Waals surface area contributed by atoms with Crippen molar-refractivity contribution >= 4 is 10.0 Å². The van der Waals surface area contributed by atoms with Crippen molar-refractivity contribution < 1.29 is 8.42 Å². The lowest BCUT2D eigenvalue weighted by Gasteiger charge is -2.22. The Hall–Kier alpha value is -0.850. The minimum Gasteiger partial charge on any atom is -0.349 e. The van der Waals surface area contributed by atoms with Gasteiger partial charge < -0.3 is 9.88 Å². The van der Waals surface area contributed by atoms with Crippen LogP contribution >= 0.6 is 0 Å². The molecule has 0 aromatic carbocycles. The molecule has 2 rings (SSSR count). The number of sulfonamides is 1. The molecule has 6 heteroatoms. The molecule has 0 saturated heterocycles. The van der Waals surface area contributed by atoms with Crippen LogP contribution in [0.2, 0.25) is 0 Å². The topological polar surface area (TPSA) is 63.1 Å². The predicted octanol–water partition coefficient (Wildman–Crippen LogP) is 1.84. The van der Waals surface area contributed by atoms with Gasteiger partial charge in [0.2, 0.25) is 10.0 Å². The molecule has 20 heavy (non-hydrogen) atoms. The van der Waals surface area contributed by atoms with Gasteiger partial charge in [0, 0.05) is 31.0 Å². The van der Waals surface area contributed by atoms with Crippen molar-refractivity contribution in [3.63, 3.8) is 0 Å². The Labute approximate surface area is 121 Å². The van der Waals surface area contributed by atoms with E-state index in [1.165, 1.54) is 6.42 Å². The van der Waals surface area contributed by atoms with Gasteiger partial charge in [-0.2, -0.15) is 0 Å². The van der Waals surface area contributed by atoms with E-state index >= 15 is 0 Å². The summed E-state index contributed by atoms with van der Waals surface area (Å²) in [6.45, 7) is 3.47. The van der Waals surface area contributed by atoms with Crippen molar-refractivity contribution in [3.05, 3.63) is 18.0 Å². The second-order valence-electron chi connectivity index (χ2n) is 5.44. The molecule has 1 aliphatic rings. The number of nitrogens with one attached hydrogen (secondary N) is 2. The molecule has 0 atom stereocenters. The van der Waals surface area contributed by atoms with Crippen LogP contribution in [0.4, 0.5) is 0 Å². The average molecular weight is 299 g/mol. The zero-order valence-electron chi connectivity index (χ0n) is 12.4. The van der Waals surface area contributed by atoms with Crippen LogP contribution in [0.25, 0.3) is 0 Å². The van der Waals surface area contributed by atoms with Gasteiger partial charge in [-0.1, -0.05) is 19.3 Å². The first kappa shape index (κ1) is 15.5. The minimum atomic E-state index is -3.39. The lowest BCUT2D eigenvalue weighted by atomic mass is 9.96. The summed E-state index contributed by atoms with van der Waals surface area (Å²) in [7, 11) is -1.53. The highest BCUT2D eigenvalue weighted by molar-refractivity contribution is 7.89. The summed E-state index contributed by atoms with van der Waals surface area (Å²) < 4.78 is 29.7. The molecule has 1 aromatic heterocycles. The average Bonchev–Trinajstić information content (AvgIpc) is 2.84. The van der Waals surface area contributed by atoms with E-state index < -0.39 is 10.0 Å². The normalized spacial score (nSPS) is 17.5. The Morgan fingerprint density at radius 2 is 2.00 bits per heavy atom. The van der Waals surface area contributed by atoms with Crippen molar-refractivity contribution in [2.75, 3.05) is 7.05 Å². The molecule has 1 heterocycles. The Kier molecular flexibility index (Phi) is 5.23. The number of aromatic nitrogens is 1. The van der Waals surface area contributed by atoms with Crippen LogP contribution in [0.3, 0.4) is 0 Å². The van der Waals surface area contributed by atoms with E-state index in [0.29, 0.717) is 11.4 Å². The third-order valence-corrected chi connectivity index (χ3v) is 5.38. The van der Waals surface area contributed by atoms with Gasteiger partial charge in [-0.05, 0) is 32.9 Å². The maximum Gasteiger partial charge on any atom is 0.242 e. The molecular weight excluding hydrogens is 274 g/mol. The first-order valence-corrected chi connectivity index (χ1v) is 8.91. The third-order valence-electron chi connectivity index (χ3n) is 3.90. The van der Waals surface area contributed by atoms with Crippen LogP contribution in [0, 0.1) is 0 Å². The van der Waals surface area contributed by atoms with E-state index in [4.69, 9.17) is 0 Å². The molecule has 1 aromatic rings. The zero-order valence-corrected chi connectivity index (χ0v) is 13.2. The van der Waals surface area contributed by atoms with Crippen molar-refractivity contribution in [2.24, 2.45) is 0 Å². The fraction of sp³-hybridized carbons (Fsp3) is 0.714. The number of hydrogen-bond donors (Lipinski definition) is 2. The van der Waals surface area contributed by atoms with E-state index in [2.05, 4.69) is 10.0 Å². The van der Waals surface area contributed by atoms with Gasteiger partial charge in [-0.15, -0.1) is 0 Å².